The molecule has 0 radical (unpaired) electrons. The summed E-state index contributed by atoms with van der Waals surface area (Å²) in [5.74, 6) is -1.08. The van der Waals surface area contributed by atoms with E-state index in [0.29, 0.717) is 33.9 Å². The Bertz CT molecular complexity index is 1280. The molecule has 1 aliphatic rings. The third-order valence-electron chi connectivity index (χ3n) is 5.04. The number of H-pyrrole nitrogens is 1. The van der Waals surface area contributed by atoms with Crippen molar-refractivity contribution in [2.75, 3.05) is 10.6 Å². The van der Waals surface area contributed by atoms with Crippen LogP contribution < -0.4 is 10.6 Å². The van der Waals surface area contributed by atoms with Crippen molar-refractivity contribution < 1.29 is 13.6 Å². The number of fused-ring (bicyclic) bond motifs is 2. The van der Waals surface area contributed by atoms with Gasteiger partial charge in [0.25, 0.3) is 0 Å². The molecule has 1 aromatic carbocycles. The first-order valence-electron chi connectivity index (χ1n) is 9.63. The van der Waals surface area contributed by atoms with E-state index in [9.17, 15) is 13.6 Å². The Kier molecular flexibility index (Phi) is 4.16. The molecule has 1 amide bonds. The average molecular weight is 411 g/mol. The second-order valence-electron chi connectivity index (χ2n) is 7.75. The number of rotatable bonds is 5. The van der Waals surface area contributed by atoms with Gasteiger partial charge in [-0.15, -0.1) is 0 Å². The highest BCUT2D eigenvalue weighted by molar-refractivity contribution is 6.00. The van der Waals surface area contributed by atoms with Crippen molar-refractivity contribution in [1.82, 2.24) is 24.6 Å². The number of aromatic nitrogens is 5. The van der Waals surface area contributed by atoms with Gasteiger partial charge < -0.3 is 15.0 Å². The Hall–Kier alpha value is -3.56. The van der Waals surface area contributed by atoms with Crippen molar-refractivity contribution in [3.8, 4) is 11.3 Å². The van der Waals surface area contributed by atoms with E-state index in [1.165, 1.54) is 12.3 Å². The van der Waals surface area contributed by atoms with Crippen LogP contribution in [0.15, 0.2) is 30.9 Å². The van der Waals surface area contributed by atoms with Gasteiger partial charge in [0.15, 0.2) is 11.5 Å². The molecule has 1 saturated carbocycles. The first kappa shape index (κ1) is 18.5. The zero-order chi connectivity index (χ0) is 21.0. The van der Waals surface area contributed by atoms with E-state index >= 15 is 0 Å². The fourth-order valence-electron chi connectivity index (χ4n) is 3.47. The molecule has 154 valence electrons. The number of nitrogens with one attached hydrogen (secondary N) is 3. The van der Waals surface area contributed by atoms with Gasteiger partial charge in [-0.25, -0.2) is 13.8 Å². The van der Waals surface area contributed by atoms with Crippen molar-refractivity contribution in [3.05, 3.63) is 36.7 Å². The smallest absolute Gasteiger partial charge is 0.231 e. The molecular weight excluding hydrogens is 392 g/mol. The molecule has 10 heteroatoms. The van der Waals surface area contributed by atoms with Crippen LogP contribution >= 0.6 is 0 Å². The largest absolute Gasteiger partial charge is 0.379 e. The van der Waals surface area contributed by atoms with Crippen LogP contribution in [-0.2, 0) is 4.79 Å². The Morgan fingerprint density at radius 1 is 1.33 bits per heavy atom. The van der Waals surface area contributed by atoms with Crippen molar-refractivity contribution in [2.24, 2.45) is 5.92 Å². The lowest BCUT2D eigenvalue weighted by atomic mass is 10.1. The maximum absolute atomic E-state index is 14.8. The summed E-state index contributed by atoms with van der Waals surface area (Å²) in [6.45, 7) is 3.86. The predicted molar refractivity (Wildman–Crippen MR) is 108 cm³/mol. The second-order valence-corrected chi connectivity index (χ2v) is 7.75. The molecule has 30 heavy (non-hydrogen) atoms. The number of imidazole rings is 1. The number of alkyl halides is 1. The monoisotopic (exact) mass is 411 g/mol. The van der Waals surface area contributed by atoms with E-state index < -0.39 is 17.9 Å². The average Bonchev–Trinajstić information content (AvgIpc) is 3.09. The molecule has 0 unspecified atom stereocenters. The molecule has 8 nitrogen and oxygen atoms in total. The van der Waals surface area contributed by atoms with Gasteiger partial charge >= 0.3 is 0 Å². The standard InChI is InChI=1S/C20H19F2N7O/c1-9(2)25-19-14(22)3-10(12-5-24-28-18(12)19)15-7-29-8-16(26-17(29)6-23-15)27-20(30)11-4-13(11)21/h3,5-9,11,13,25H,4H2,1-2H3,(H,24,28)(H,27,30)/t11-,13+/m1/s1. The highest BCUT2D eigenvalue weighted by atomic mass is 19.1. The topological polar surface area (TPSA) is 100 Å². The third kappa shape index (κ3) is 3.14. The minimum Gasteiger partial charge on any atom is -0.379 e. The van der Waals surface area contributed by atoms with Crippen molar-refractivity contribution in [2.45, 2.75) is 32.5 Å². The summed E-state index contributed by atoms with van der Waals surface area (Å²) < 4.78 is 29.6. The highest BCUT2D eigenvalue weighted by Gasteiger charge is 2.43. The quantitative estimate of drug-likeness (QED) is 0.467. The number of hydrogen-bond donors (Lipinski definition) is 3. The molecule has 3 heterocycles. The first-order valence-corrected chi connectivity index (χ1v) is 9.63. The maximum Gasteiger partial charge on any atom is 0.231 e. The number of carbonyl (C=O) groups is 1. The summed E-state index contributed by atoms with van der Waals surface area (Å²) in [6.07, 6.45) is 5.65. The third-order valence-corrected chi connectivity index (χ3v) is 5.04. The number of benzene rings is 1. The normalized spacial score (nSPS) is 18.3. The van der Waals surface area contributed by atoms with E-state index in [1.807, 2.05) is 13.8 Å². The van der Waals surface area contributed by atoms with Gasteiger partial charge in [0.05, 0.1) is 41.4 Å². The number of anilines is 2. The van der Waals surface area contributed by atoms with Crippen molar-refractivity contribution >= 4 is 34.0 Å². The molecule has 0 saturated heterocycles. The Morgan fingerprint density at radius 2 is 2.13 bits per heavy atom. The fraction of sp³-hybridized carbons (Fsp3) is 0.300. The highest BCUT2D eigenvalue weighted by Crippen LogP contribution is 2.35. The molecule has 4 aromatic rings. The van der Waals surface area contributed by atoms with Crippen LogP contribution in [0.3, 0.4) is 0 Å². The van der Waals surface area contributed by atoms with E-state index in [0.717, 1.165) is 5.39 Å². The van der Waals surface area contributed by atoms with Crippen LogP contribution in [0.5, 0.6) is 0 Å². The lowest BCUT2D eigenvalue weighted by Crippen LogP contribution is -2.15. The number of aromatic amines is 1. The minimum atomic E-state index is -1.07. The van der Waals surface area contributed by atoms with E-state index in [2.05, 4.69) is 30.8 Å². The predicted octanol–water partition coefficient (Wildman–Crippen LogP) is 3.53. The lowest BCUT2D eigenvalue weighted by Gasteiger charge is -2.13. The summed E-state index contributed by atoms with van der Waals surface area (Å²) in [6, 6.07) is 1.47. The molecule has 2 atom stereocenters. The molecule has 3 aromatic heterocycles. The summed E-state index contributed by atoms with van der Waals surface area (Å²) in [5, 5.41) is 13.4. The summed E-state index contributed by atoms with van der Waals surface area (Å²) in [7, 11) is 0. The zero-order valence-electron chi connectivity index (χ0n) is 16.3. The lowest BCUT2D eigenvalue weighted by molar-refractivity contribution is -0.117. The number of halogens is 2. The van der Waals surface area contributed by atoms with Crippen LogP contribution in [0.2, 0.25) is 0 Å². The molecule has 1 aliphatic carbocycles. The number of hydrogen-bond acceptors (Lipinski definition) is 5. The Morgan fingerprint density at radius 3 is 2.87 bits per heavy atom. The number of nitrogens with zero attached hydrogens (tertiary/aromatic N) is 4. The van der Waals surface area contributed by atoms with Crippen molar-refractivity contribution in [3.63, 3.8) is 0 Å². The van der Waals surface area contributed by atoms with Crippen molar-refractivity contribution in [1.29, 1.82) is 0 Å². The van der Waals surface area contributed by atoms with Crippen LogP contribution in [0.4, 0.5) is 20.3 Å². The first-order chi connectivity index (χ1) is 14.4. The molecule has 5 rings (SSSR count). The van der Waals surface area contributed by atoms with Crippen LogP contribution in [0.25, 0.3) is 27.8 Å². The number of amides is 1. The minimum absolute atomic E-state index is 0.0502. The van der Waals surface area contributed by atoms with Gasteiger partial charge in [-0.3, -0.25) is 14.9 Å². The Labute approximate surface area is 169 Å². The molecule has 3 N–H and O–H groups in total. The van der Waals surface area contributed by atoms with E-state index in [-0.39, 0.29) is 18.4 Å². The number of carbonyl (C=O) groups excluding carboxylic acids is 1. The summed E-state index contributed by atoms with van der Waals surface area (Å²) in [4.78, 5) is 20.6. The SMILES string of the molecule is CC(C)Nc1c(F)cc(-c2cn3cc(NC(=O)[C@@H]4C[C@@H]4F)nc3cn2)c2cn[nH]c12. The van der Waals surface area contributed by atoms with Crippen LogP contribution in [0, 0.1) is 11.7 Å². The fourth-order valence-corrected chi connectivity index (χ4v) is 3.47. The molecule has 0 spiro atoms. The van der Waals surface area contributed by atoms with Gasteiger partial charge in [0, 0.05) is 23.2 Å². The van der Waals surface area contributed by atoms with Crippen LogP contribution in [0.1, 0.15) is 20.3 Å². The van der Waals surface area contributed by atoms with Gasteiger partial charge in [-0.05, 0) is 26.3 Å². The maximum atomic E-state index is 14.8. The summed E-state index contributed by atoms with van der Waals surface area (Å²) >= 11 is 0. The second kappa shape index (κ2) is 6.75. The van der Waals surface area contributed by atoms with Gasteiger partial charge in [0.2, 0.25) is 5.91 Å². The van der Waals surface area contributed by atoms with E-state index in [1.54, 1.807) is 23.0 Å². The van der Waals surface area contributed by atoms with Crippen LogP contribution in [-0.4, -0.2) is 42.7 Å². The zero-order valence-corrected chi connectivity index (χ0v) is 16.3. The van der Waals surface area contributed by atoms with E-state index in [4.69, 9.17) is 0 Å². The molecule has 0 aliphatic heterocycles. The molecule has 0 bridgehead atoms. The Balaban J connectivity index is 1.52. The summed E-state index contributed by atoms with van der Waals surface area (Å²) in [5.41, 5.74) is 2.52. The van der Waals surface area contributed by atoms with Gasteiger partial charge in [-0.1, -0.05) is 0 Å². The molecule has 1 fully saturated rings. The van der Waals surface area contributed by atoms with Gasteiger partial charge in [-0.2, -0.15) is 5.10 Å². The van der Waals surface area contributed by atoms with Gasteiger partial charge in [0.1, 0.15) is 12.0 Å². The molecular formula is C20H19F2N7O.